The molecule has 1 rings (SSSR count). The maximum Gasteiger partial charge on any atom is 0.321 e. The molecule has 1 fully saturated rings. The minimum absolute atomic E-state index is 0. The minimum atomic E-state index is -0.923. The molecule has 15 heavy (non-hydrogen) atoms. The van der Waals surface area contributed by atoms with Crippen LogP contribution in [-0.4, -0.2) is 36.1 Å². The van der Waals surface area contributed by atoms with Crippen LogP contribution in [0.15, 0.2) is 0 Å². The second kappa shape index (κ2) is 6.28. The van der Waals surface area contributed by atoms with E-state index in [-0.39, 0.29) is 19.5 Å². The van der Waals surface area contributed by atoms with Crippen LogP contribution in [0.1, 0.15) is 0 Å². The summed E-state index contributed by atoms with van der Waals surface area (Å²) in [7, 11) is 0. The van der Waals surface area contributed by atoms with Crippen molar-refractivity contribution in [2.75, 3.05) is 5.75 Å². The van der Waals surface area contributed by atoms with Crippen LogP contribution in [0.4, 0.5) is 0 Å². The number of thioether (sulfide) groups is 1. The van der Waals surface area contributed by atoms with Crippen molar-refractivity contribution < 1.29 is 29.4 Å². The number of thiol groups is 2. The first-order chi connectivity index (χ1) is 6.40. The van der Waals surface area contributed by atoms with Gasteiger partial charge < -0.3 is 5.11 Å². The Balaban J connectivity index is 0.00000196. The third-order valence-corrected chi connectivity index (χ3v) is 5.05. The first kappa shape index (κ1) is 16.3. The smallest absolute Gasteiger partial charge is 0.321 e. The molecule has 0 saturated carbocycles. The van der Waals surface area contributed by atoms with Gasteiger partial charge in [0.25, 0.3) is 0 Å². The molecule has 0 aliphatic carbocycles. The number of thiocarbonyl (C=S) groups is 2. The van der Waals surface area contributed by atoms with Gasteiger partial charge >= 0.3 is 5.97 Å². The predicted molar refractivity (Wildman–Crippen MR) is 72.9 cm³/mol. The van der Waals surface area contributed by atoms with Crippen LogP contribution in [-0.2, 0) is 24.3 Å². The second-order valence-electron chi connectivity index (χ2n) is 2.64. The van der Waals surface area contributed by atoms with Crippen molar-refractivity contribution >= 4 is 75.8 Å². The Morgan fingerprint density at radius 1 is 1.47 bits per heavy atom. The van der Waals surface area contributed by atoms with Crippen LogP contribution < -0.4 is 5.32 Å². The molecule has 3 nitrogen and oxygen atoms in total. The summed E-state index contributed by atoms with van der Waals surface area (Å²) in [6, 6.07) is -0.657. The van der Waals surface area contributed by atoms with Crippen molar-refractivity contribution in [2.45, 2.75) is 10.9 Å². The fourth-order valence-electron chi connectivity index (χ4n) is 1.01. The number of carboxylic acids is 1. The van der Waals surface area contributed by atoms with Gasteiger partial charge in [-0.3, -0.25) is 10.1 Å². The molecule has 0 radical (unpaired) electrons. The molecule has 0 aromatic rings. The van der Waals surface area contributed by atoms with Gasteiger partial charge in [0.2, 0.25) is 0 Å². The number of hydrogen-bond acceptors (Lipinski definition) is 5. The van der Waals surface area contributed by atoms with E-state index >= 15 is 0 Å². The molecule has 0 aromatic carbocycles. The van der Waals surface area contributed by atoms with Gasteiger partial charge in [-0.15, -0.1) is 37.0 Å². The molecule has 2 N–H and O–H groups in total. The average molecular weight is 351 g/mol. The van der Waals surface area contributed by atoms with Crippen LogP contribution in [0, 0.1) is 0 Å². The van der Waals surface area contributed by atoms with Crippen molar-refractivity contribution in [3.8, 4) is 0 Å². The molecule has 1 unspecified atom stereocenters. The molecular weight excluding hydrogens is 344 g/mol. The zero-order valence-corrected chi connectivity index (χ0v) is 14.7. The normalized spacial score (nSPS) is 22.9. The van der Waals surface area contributed by atoms with Crippen molar-refractivity contribution in [3.63, 3.8) is 0 Å². The largest absolute Gasteiger partial charge is 0.480 e. The van der Waals surface area contributed by atoms with Crippen LogP contribution in [0.2, 0.25) is 0 Å². The zero-order chi connectivity index (χ0) is 10.9. The molecule has 80 valence electrons. The van der Waals surface area contributed by atoms with Gasteiger partial charge in [-0.1, -0.05) is 24.4 Å². The Hall–Kier alpha value is 1.28. The minimum Gasteiger partial charge on any atom is -0.480 e. The van der Waals surface area contributed by atoms with Crippen LogP contribution in [0.3, 0.4) is 0 Å². The van der Waals surface area contributed by atoms with Crippen LogP contribution >= 0.6 is 61.5 Å². The Morgan fingerprint density at radius 3 is 2.13 bits per heavy atom. The fraction of sp³-hybridized carbons (Fsp3) is 0.500. The van der Waals surface area contributed by atoms with Crippen molar-refractivity contribution in [2.24, 2.45) is 0 Å². The molecule has 1 heterocycles. The SMILES string of the molecule is O=C(O)C1CSC(C(=S)S)(C(=S)S)N1.[Zn]. The monoisotopic (exact) mass is 349 g/mol. The van der Waals surface area contributed by atoms with E-state index in [0.29, 0.717) is 14.1 Å². The summed E-state index contributed by atoms with van der Waals surface area (Å²) in [5.41, 5.74) is 0. The predicted octanol–water partition coefficient (Wildman–Crippen LogP) is 0.984. The number of carboxylic acid groups (broad SMARTS) is 1. The summed E-state index contributed by atoms with van der Waals surface area (Å²) in [6.07, 6.45) is 0. The van der Waals surface area contributed by atoms with E-state index in [9.17, 15) is 4.79 Å². The topological polar surface area (TPSA) is 49.3 Å². The Morgan fingerprint density at radius 2 is 1.93 bits per heavy atom. The number of aliphatic carboxylic acids is 1. The van der Waals surface area contributed by atoms with Gasteiger partial charge in [-0.25, -0.2) is 0 Å². The average Bonchev–Trinajstić information content (AvgIpc) is 2.48. The summed E-state index contributed by atoms with van der Waals surface area (Å²) in [5, 5.41) is 11.6. The molecule has 1 atom stereocenters. The van der Waals surface area contributed by atoms with Gasteiger partial charge in [-0.05, 0) is 0 Å². The standard InChI is InChI=1S/C6H7NO2S5.Zn/c8-3(9)2-1-14-6(7-2,4(10)11)5(12)13;/h2,7H,1H2,(H,8,9)(H,10,11)(H,12,13);. The fourth-order valence-corrected chi connectivity index (χ4v) is 3.84. The molecular formula is C6H7NO2S5Zn. The molecule has 1 aliphatic rings. The number of carbonyl (C=O) groups is 1. The first-order valence-electron chi connectivity index (χ1n) is 3.51. The second-order valence-corrected chi connectivity index (χ2v) is 6.19. The summed E-state index contributed by atoms with van der Waals surface area (Å²) in [6.45, 7) is 0. The molecule has 0 aromatic heterocycles. The summed E-state index contributed by atoms with van der Waals surface area (Å²) in [4.78, 5) is 9.85. The number of nitrogens with one attached hydrogen (secondary N) is 1. The molecule has 1 aliphatic heterocycles. The summed E-state index contributed by atoms with van der Waals surface area (Å²) in [5.74, 6) is -0.523. The Kier molecular flexibility index (Phi) is 6.82. The van der Waals surface area contributed by atoms with Crippen molar-refractivity contribution in [1.29, 1.82) is 0 Å². The number of rotatable bonds is 3. The first-order valence-corrected chi connectivity index (χ1v) is 6.21. The molecule has 9 heteroatoms. The van der Waals surface area contributed by atoms with Gasteiger partial charge in [0.15, 0.2) is 0 Å². The van der Waals surface area contributed by atoms with E-state index in [4.69, 9.17) is 29.5 Å². The van der Waals surface area contributed by atoms with Gasteiger partial charge in [-0.2, -0.15) is 0 Å². The van der Waals surface area contributed by atoms with Gasteiger partial charge in [0.05, 0.1) is 8.39 Å². The summed E-state index contributed by atoms with van der Waals surface area (Å²) >= 11 is 19.3. The van der Waals surface area contributed by atoms with E-state index < -0.39 is 16.9 Å². The zero-order valence-electron chi connectivity index (χ0n) is 7.47. The van der Waals surface area contributed by atoms with E-state index in [1.54, 1.807) is 0 Å². The Bertz CT molecular complexity index is 296. The van der Waals surface area contributed by atoms with Crippen LogP contribution in [0.5, 0.6) is 0 Å². The maximum absolute atomic E-state index is 10.7. The third-order valence-electron chi connectivity index (χ3n) is 1.74. The molecule has 0 bridgehead atoms. The third kappa shape index (κ3) is 3.37. The Labute approximate surface area is 126 Å². The molecule has 0 amide bonds. The quantitative estimate of drug-likeness (QED) is 0.346. The van der Waals surface area contributed by atoms with Crippen LogP contribution in [0.25, 0.3) is 0 Å². The number of hydrogen-bond donors (Lipinski definition) is 4. The summed E-state index contributed by atoms with van der Waals surface area (Å²) < 4.78 is 0.623. The molecule has 0 spiro atoms. The van der Waals surface area contributed by atoms with Gasteiger partial charge in [0.1, 0.15) is 10.9 Å². The van der Waals surface area contributed by atoms with E-state index in [1.807, 2.05) is 0 Å². The molecule has 1 saturated heterocycles. The van der Waals surface area contributed by atoms with Gasteiger partial charge in [0, 0.05) is 25.2 Å². The van der Waals surface area contributed by atoms with E-state index in [0.717, 1.165) is 0 Å². The van der Waals surface area contributed by atoms with E-state index in [2.05, 4.69) is 30.6 Å². The van der Waals surface area contributed by atoms with Crippen molar-refractivity contribution in [1.82, 2.24) is 5.32 Å². The van der Waals surface area contributed by atoms with E-state index in [1.165, 1.54) is 11.8 Å². The maximum atomic E-state index is 10.7. The van der Waals surface area contributed by atoms with Crippen molar-refractivity contribution in [3.05, 3.63) is 0 Å².